The molecule has 8 aromatic carbocycles. The molecule has 0 saturated heterocycles. The van der Waals surface area contributed by atoms with E-state index in [0.29, 0.717) is 0 Å². The van der Waals surface area contributed by atoms with Gasteiger partial charge in [-0.3, -0.25) is 0 Å². The summed E-state index contributed by atoms with van der Waals surface area (Å²) in [6, 6.07) is 67.9. The van der Waals surface area contributed by atoms with Gasteiger partial charge in [0.25, 0.3) is 0 Å². The second-order valence-electron chi connectivity index (χ2n) is 16.9. The Morgan fingerprint density at radius 2 is 1.22 bits per heavy atom. The fourth-order valence-corrected chi connectivity index (χ4v) is 9.54. The number of aromatic nitrogens is 1. The fourth-order valence-electron chi connectivity index (χ4n) is 8.14. The topological polar surface area (TPSA) is 17.0 Å². The molecule has 0 amide bonds. The van der Waals surface area contributed by atoms with E-state index < -0.39 is 0 Å². The van der Waals surface area contributed by atoms with E-state index in [1.54, 1.807) is 0 Å². The highest BCUT2D eigenvalue weighted by atomic mass is 32.1. The van der Waals surface area contributed by atoms with Gasteiger partial charge in [0, 0.05) is 53.3 Å². The Hall–Kier alpha value is -6.33. The normalized spacial score (nSPS) is 12.0. The zero-order valence-corrected chi connectivity index (χ0v) is 39.6. The van der Waals surface area contributed by atoms with Crippen molar-refractivity contribution in [3.63, 3.8) is 0 Å². The molecule has 0 aliphatic heterocycles. The number of nitrogens with one attached hydrogen (secondary N) is 1. The molecule has 0 aliphatic rings. The number of thiophene rings is 1. The number of nitrogens with zero attached hydrogens (tertiary/aromatic N) is 1. The third kappa shape index (κ3) is 9.74. The van der Waals surface area contributed by atoms with Crippen LogP contribution in [0.15, 0.2) is 199 Å². The maximum absolute atomic E-state index is 4.20. The summed E-state index contributed by atoms with van der Waals surface area (Å²) < 4.78 is 5.11. The molecule has 0 aliphatic carbocycles. The summed E-state index contributed by atoms with van der Waals surface area (Å²) in [4.78, 5) is 1.06. The summed E-state index contributed by atoms with van der Waals surface area (Å²) in [6.07, 6.45) is 4.55. The number of para-hydroxylation sites is 1. The van der Waals surface area contributed by atoms with Crippen LogP contribution in [0.3, 0.4) is 0 Å². The predicted octanol–water partition coefficient (Wildman–Crippen LogP) is 17.9. The van der Waals surface area contributed by atoms with Crippen molar-refractivity contribution in [3.8, 4) is 27.9 Å². The molecule has 0 saturated carbocycles. The van der Waals surface area contributed by atoms with Crippen LogP contribution in [0.5, 0.6) is 0 Å². The number of fused-ring (bicyclic) bond motifs is 6. The second-order valence-corrected chi connectivity index (χ2v) is 18.4. The highest BCUT2D eigenvalue weighted by Crippen LogP contribution is 2.42. The summed E-state index contributed by atoms with van der Waals surface area (Å²) in [6.45, 7) is 13.1. The monoisotopic (exact) mass is 870 g/mol. The van der Waals surface area contributed by atoms with Gasteiger partial charge in [-0.2, -0.15) is 0 Å². The van der Waals surface area contributed by atoms with Crippen molar-refractivity contribution < 1.29 is 0 Å². The lowest BCUT2D eigenvalue weighted by molar-refractivity contribution is 0.626. The molecule has 4 heteroatoms. The number of rotatable bonds is 9. The third-order valence-electron chi connectivity index (χ3n) is 12.0. The fraction of sp³-hybridized carbons (Fsp3) is 0.167. The largest absolute Gasteiger partial charge is 0.378 e. The summed E-state index contributed by atoms with van der Waals surface area (Å²) in [5.41, 5.74) is 13.4. The van der Waals surface area contributed by atoms with Crippen molar-refractivity contribution in [2.24, 2.45) is 5.92 Å². The molecular weight excluding hydrogens is 813 g/mol. The van der Waals surface area contributed by atoms with E-state index in [0.717, 1.165) is 22.9 Å². The minimum Gasteiger partial charge on any atom is -0.378 e. The molecule has 10 aromatic rings. The maximum Gasteiger partial charge on any atom is 0.0541 e. The van der Waals surface area contributed by atoms with Crippen LogP contribution in [-0.2, 0) is 0 Å². The van der Waals surface area contributed by atoms with Gasteiger partial charge in [-0.15, -0.1) is 24.0 Å². The molecule has 0 radical (unpaired) electrons. The quantitative estimate of drug-likeness (QED) is 0.138. The highest BCUT2D eigenvalue weighted by Gasteiger charge is 2.17. The summed E-state index contributed by atoms with van der Waals surface area (Å²) in [5.74, 6) is 0.884. The van der Waals surface area contributed by atoms with E-state index in [1.165, 1.54) is 93.0 Å². The Balaban J connectivity index is 0.000000375. The van der Waals surface area contributed by atoms with Gasteiger partial charge in [-0.25, -0.2) is 0 Å². The van der Waals surface area contributed by atoms with E-state index in [4.69, 9.17) is 0 Å². The van der Waals surface area contributed by atoms with Crippen molar-refractivity contribution in [1.82, 2.24) is 9.88 Å². The summed E-state index contributed by atoms with van der Waals surface area (Å²) in [7, 11) is 0. The smallest absolute Gasteiger partial charge is 0.0541 e. The molecule has 1 unspecified atom stereocenters. The first-order valence-corrected chi connectivity index (χ1v) is 23.9. The summed E-state index contributed by atoms with van der Waals surface area (Å²) >= 11 is 6.09. The average Bonchev–Trinajstić information content (AvgIpc) is 3.89. The Bertz CT molecular complexity index is 3150. The van der Waals surface area contributed by atoms with E-state index in [2.05, 4.69) is 227 Å². The van der Waals surface area contributed by atoms with Crippen LogP contribution in [0.25, 0.3) is 75.6 Å². The number of hydrogen-bond acceptors (Lipinski definition) is 3. The molecule has 0 bridgehead atoms. The molecule has 320 valence electrons. The van der Waals surface area contributed by atoms with E-state index in [9.17, 15) is 0 Å². The van der Waals surface area contributed by atoms with Gasteiger partial charge in [-0.1, -0.05) is 186 Å². The van der Waals surface area contributed by atoms with Crippen LogP contribution < -0.4 is 5.32 Å². The van der Waals surface area contributed by atoms with Gasteiger partial charge in [0.05, 0.1) is 11.0 Å². The number of hydrogen-bond donors (Lipinski definition) is 2. The van der Waals surface area contributed by atoms with Gasteiger partial charge in [0.1, 0.15) is 0 Å². The Morgan fingerprint density at radius 3 is 1.94 bits per heavy atom. The van der Waals surface area contributed by atoms with Crippen molar-refractivity contribution in [1.29, 1.82) is 0 Å². The Kier molecular flexibility index (Phi) is 14.2. The minimum atomic E-state index is 0.109. The van der Waals surface area contributed by atoms with Crippen LogP contribution in [0, 0.1) is 12.8 Å². The number of benzene rings is 8. The first-order valence-electron chi connectivity index (χ1n) is 22.6. The molecule has 0 spiro atoms. The second kappa shape index (κ2) is 20.5. The Morgan fingerprint density at radius 1 is 0.594 bits per heavy atom. The number of aryl methyl sites for hydroxylation is 1. The lowest BCUT2D eigenvalue weighted by Gasteiger charge is -2.20. The SMILES string of the molecule is CC/C=C(\NC(C)c1cccc(-n2c3ccccc3c3cc(-c4cccc5c4sc4ccccc45)ccc32)c1)c1ccc(-c2ccccc2)cc1.CCC(C)C.Cc1ccccc1S. The molecule has 2 nitrogen and oxygen atoms in total. The standard InChI is InChI=1S/C48H38N2S.C7H8S.C5H12/c1-3-13-44(35-26-24-34(25-27-35)33-14-5-4-6-15-33)49-32(2)36-16-11-17-38(30-36)50-45-22-9-7-18-40(45)43-31-37(28-29-46(43)50)39-20-12-21-42-41-19-8-10-23-47(41)51-48(39)42;1-6-4-2-3-5-7(6)8;1-4-5(2)3/h4-32,49H,3H2,1-2H3;2-5,8H,1H3;5H,4H2,1-3H3/b44-13-;;. The van der Waals surface area contributed by atoms with E-state index >= 15 is 0 Å². The lowest BCUT2D eigenvalue weighted by Crippen LogP contribution is -2.17. The van der Waals surface area contributed by atoms with Crippen molar-refractivity contribution >= 4 is 71.6 Å². The van der Waals surface area contributed by atoms with Gasteiger partial charge in [0.2, 0.25) is 0 Å². The van der Waals surface area contributed by atoms with Gasteiger partial charge < -0.3 is 9.88 Å². The highest BCUT2D eigenvalue weighted by molar-refractivity contribution is 7.80. The van der Waals surface area contributed by atoms with Crippen molar-refractivity contribution in [2.45, 2.75) is 65.3 Å². The molecule has 10 rings (SSSR count). The molecular formula is C60H58N2S2. The first kappa shape index (κ1) is 44.3. The van der Waals surface area contributed by atoms with Gasteiger partial charge in [-0.05, 0) is 108 Å². The number of thiol groups is 1. The maximum atomic E-state index is 4.20. The Labute approximate surface area is 389 Å². The van der Waals surface area contributed by atoms with E-state index in [1.807, 2.05) is 42.5 Å². The van der Waals surface area contributed by atoms with Gasteiger partial charge >= 0.3 is 0 Å². The van der Waals surface area contributed by atoms with Crippen LogP contribution >= 0.6 is 24.0 Å². The molecule has 1 atom stereocenters. The van der Waals surface area contributed by atoms with Crippen LogP contribution in [0.4, 0.5) is 0 Å². The molecule has 64 heavy (non-hydrogen) atoms. The first-order chi connectivity index (χ1) is 31.2. The van der Waals surface area contributed by atoms with Crippen LogP contribution in [0.1, 0.15) is 70.2 Å². The molecule has 2 aromatic heterocycles. The molecule has 0 fully saturated rings. The third-order valence-corrected chi connectivity index (χ3v) is 13.8. The molecule has 1 N–H and O–H groups in total. The zero-order valence-electron chi connectivity index (χ0n) is 37.8. The lowest BCUT2D eigenvalue weighted by atomic mass is 10.0. The molecule has 2 heterocycles. The summed E-state index contributed by atoms with van der Waals surface area (Å²) in [5, 5.41) is 9.06. The van der Waals surface area contributed by atoms with Crippen molar-refractivity contribution in [3.05, 3.63) is 211 Å². The van der Waals surface area contributed by atoms with Gasteiger partial charge in [0.15, 0.2) is 0 Å². The predicted molar refractivity (Wildman–Crippen MR) is 284 cm³/mol. The van der Waals surface area contributed by atoms with Crippen LogP contribution in [0.2, 0.25) is 0 Å². The number of allylic oxidation sites excluding steroid dienone is 1. The zero-order chi connectivity index (χ0) is 44.6. The van der Waals surface area contributed by atoms with Crippen molar-refractivity contribution in [2.75, 3.05) is 0 Å². The van der Waals surface area contributed by atoms with Crippen LogP contribution in [-0.4, -0.2) is 4.57 Å². The average molecular weight is 871 g/mol. The minimum absolute atomic E-state index is 0.109. The van der Waals surface area contributed by atoms with E-state index in [-0.39, 0.29) is 6.04 Å².